The second-order valence-corrected chi connectivity index (χ2v) is 7.65. The van der Waals surface area contributed by atoms with Crippen molar-refractivity contribution in [2.75, 3.05) is 0 Å². The topological polar surface area (TPSA) is 38.7 Å². The van der Waals surface area contributed by atoms with Crippen LogP contribution in [0.15, 0.2) is 103 Å². The molecule has 0 amide bonds. The molecule has 0 N–H and O–H groups in total. The van der Waals surface area contributed by atoms with Crippen LogP contribution in [-0.2, 0) is 0 Å². The van der Waals surface area contributed by atoms with Crippen LogP contribution in [0.25, 0.3) is 45.0 Å². The molecule has 34 heavy (non-hydrogen) atoms. The van der Waals surface area contributed by atoms with Gasteiger partial charge in [0, 0.05) is 23.5 Å². The number of hydrogen-bond donors (Lipinski definition) is 0. The Morgan fingerprint density at radius 2 is 0.971 bits per heavy atom. The highest BCUT2D eigenvalue weighted by Gasteiger charge is 2.10. The first-order valence-electron chi connectivity index (χ1n) is 10.8. The maximum atomic E-state index is 5.70. The second kappa shape index (κ2) is 9.25. The zero-order valence-electron chi connectivity index (χ0n) is 18.3. The Kier molecular flexibility index (Phi) is 5.68. The van der Waals surface area contributed by atoms with Crippen molar-refractivity contribution in [1.29, 1.82) is 0 Å². The largest absolute Gasteiger partial charge is 0.255 e. The summed E-state index contributed by atoms with van der Waals surface area (Å²) in [5, 5.41) is 0. The van der Waals surface area contributed by atoms with Gasteiger partial charge in [-0.1, -0.05) is 54.3 Å². The Labute approximate surface area is 199 Å². The number of hydrogen-bond acceptors (Lipinski definition) is 3. The predicted molar refractivity (Wildman–Crippen MR) is 137 cm³/mol. The van der Waals surface area contributed by atoms with Crippen LogP contribution in [0.4, 0.5) is 0 Å². The van der Waals surface area contributed by atoms with Crippen LogP contribution in [-0.4, -0.2) is 15.0 Å². The van der Waals surface area contributed by atoms with Crippen LogP contribution in [0, 0.1) is 24.7 Å². The standard InChI is InChI=1S/C31H19N3/c1-3-22-10-5-7-12-26(22)24-16-18-32-30(20-24)28-14-9-15-29(34-28)31-21-25(17-19-33-31)27-13-8-6-11-23(27)4-2/h1-2,5-21H. The molecular formula is C31H19N3. The monoisotopic (exact) mass is 433 g/mol. The molecule has 3 heterocycles. The summed E-state index contributed by atoms with van der Waals surface area (Å²) < 4.78 is 0. The summed E-state index contributed by atoms with van der Waals surface area (Å²) >= 11 is 0. The first kappa shape index (κ1) is 20.9. The van der Waals surface area contributed by atoms with Crippen LogP contribution in [0.1, 0.15) is 11.1 Å². The SMILES string of the molecule is C#Cc1ccccc1-c1ccnc(-c2cccc(-c3cc(-c4ccccc4C#C)ccn3)n2)c1. The van der Waals surface area contributed by atoms with Crippen molar-refractivity contribution in [3.05, 3.63) is 115 Å². The Balaban J connectivity index is 1.54. The lowest BCUT2D eigenvalue weighted by Crippen LogP contribution is -1.94. The molecule has 3 heteroatoms. The van der Waals surface area contributed by atoms with E-state index in [4.69, 9.17) is 17.8 Å². The van der Waals surface area contributed by atoms with Gasteiger partial charge in [-0.25, -0.2) is 4.98 Å². The van der Waals surface area contributed by atoms with E-state index in [1.54, 1.807) is 12.4 Å². The van der Waals surface area contributed by atoms with Gasteiger partial charge in [0.1, 0.15) is 0 Å². The minimum Gasteiger partial charge on any atom is -0.255 e. The van der Waals surface area contributed by atoms with Crippen LogP contribution in [0.3, 0.4) is 0 Å². The highest BCUT2D eigenvalue weighted by Crippen LogP contribution is 2.29. The molecule has 0 radical (unpaired) electrons. The second-order valence-electron chi connectivity index (χ2n) is 7.65. The van der Waals surface area contributed by atoms with Crippen molar-refractivity contribution >= 4 is 0 Å². The van der Waals surface area contributed by atoms with Gasteiger partial charge in [0.05, 0.1) is 22.8 Å². The highest BCUT2D eigenvalue weighted by atomic mass is 14.8. The summed E-state index contributed by atoms with van der Waals surface area (Å²) in [6.45, 7) is 0. The van der Waals surface area contributed by atoms with E-state index in [1.165, 1.54) is 0 Å². The molecule has 3 nitrogen and oxygen atoms in total. The van der Waals surface area contributed by atoms with E-state index in [0.29, 0.717) is 0 Å². The molecule has 3 aromatic heterocycles. The molecule has 0 saturated carbocycles. The Hall–Kier alpha value is -4.99. The first-order chi connectivity index (χ1) is 16.8. The molecule has 0 saturated heterocycles. The number of pyridine rings is 3. The van der Waals surface area contributed by atoms with Crippen molar-refractivity contribution in [1.82, 2.24) is 15.0 Å². The maximum Gasteiger partial charge on any atom is 0.0894 e. The quantitative estimate of drug-likeness (QED) is 0.304. The van der Waals surface area contributed by atoms with E-state index in [0.717, 1.165) is 56.2 Å². The Morgan fingerprint density at radius 1 is 0.500 bits per heavy atom. The summed E-state index contributed by atoms with van der Waals surface area (Å²) in [5.41, 5.74) is 8.71. The van der Waals surface area contributed by atoms with Crippen molar-refractivity contribution in [2.45, 2.75) is 0 Å². The zero-order valence-corrected chi connectivity index (χ0v) is 18.3. The summed E-state index contributed by atoms with van der Waals surface area (Å²) in [5.74, 6) is 5.51. The van der Waals surface area contributed by atoms with Crippen molar-refractivity contribution in [3.63, 3.8) is 0 Å². The van der Waals surface area contributed by atoms with Gasteiger partial charge in [0.15, 0.2) is 0 Å². The molecule has 0 aliphatic rings. The third-order valence-electron chi connectivity index (χ3n) is 5.58. The predicted octanol–water partition coefficient (Wildman–Crippen LogP) is 6.50. The van der Waals surface area contributed by atoms with Crippen LogP contribution in [0.5, 0.6) is 0 Å². The van der Waals surface area contributed by atoms with Crippen molar-refractivity contribution < 1.29 is 0 Å². The minimum atomic E-state index is 0.758. The van der Waals surface area contributed by atoms with Crippen LogP contribution >= 0.6 is 0 Å². The lowest BCUT2D eigenvalue weighted by atomic mass is 9.99. The number of aromatic nitrogens is 3. The number of nitrogens with zero attached hydrogens (tertiary/aromatic N) is 3. The minimum absolute atomic E-state index is 0.758. The van der Waals surface area contributed by atoms with Crippen molar-refractivity contribution in [3.8, 4) is 69.7 Å². The molecule has 0 bridgehead atoms. The molecular weight excluding hydrogens is 414 g/mol. The Bertz CT molecular complexity index is 1470. The lowest BCUT2D eigenvalue weighted by molar-refractivity contribution is 1.22. The average molecular weight is 434 g/mol. The molecule has 2 aromatic carbocycles. The third kappa shape index (κ3) is 4.07. The molecule has 5 rings (SSSR count). The summed E-state index contributed by atoms with van der Waals surface area (Å²) in [7, 11) is 0. The van der Waals surface area contributed by atoms with Gasteiger partial charge in [-0.3, -0.25) is 9.97 Å². The van der Waals surface area contributed by atoms with E-state index in [1.807, 2.05) is 91.0 Å². The summed E-state index contributed by atoms with van der Waals surface area (Å²) in [4.78, 5) is 14.0. The van der Waals surface area contributed by atoms with Gasteiger partial charge in [-0.15, -0.1) is 12.8 Å². The van der Waals surface area contributed by atoms with Gasteiger partial charge in [-0.05, 0) is 70.8 Å². The fourth-order valence-corrected chi connectivity index (χ4v) is 3.92. The van der Waals surface area contributed by atoms with Gasteiger partial charge in [-0.2, -0.15) is 0 Å². The van der Waals surface area contributed by atoms with Crippen molar-refractivity contribution in [2.24, 2.45) is 0 Å². The fourth-order valence-electron chi connectivity index (χ4n) is 3.92. The Morgan fingerprint density at radius 3 is 1.44 bits per heavy atom. The third-order valence-corrected chi connectivity index (χ3v) is 5.58. The molecule has 0 unspecified atom stereocenters. The van der Waals surface area contributed by atoms with Gasteiger partial charge in [0.2, 0.25) is 0 Å². The molecule has 0 spiro atoms. The number of terminal acetylenes is 2. The summed E-state index contributed by atoms with van der Waals surface area (Å²) in [6, 6.07) is 29.5. The van der Waals surface area contributed by atoms with Crippen LogP contribution in [0.2, 0.25) is 0 Å². The molecule has 0 aliphatic carbocycles. The molecule has 0 atom stereocenters. The van der Waals surface area contributed by atoms with Gasteiger partial charge >= 0.3 is 0 Å². The summed E-state index contributed by atoms with van der Waals surface area (Å²) in [6.07, 6.45) is 15.0. The number of benzene rings is 2. The molecule has 5 aromatic rings. The van der Waals surface area contributed by atoms with E-state index in [-0.39, 0.29) is 0 Å². The van der Waals surface area contributed by atoms with E-state index >= 15 is 0 Å². The van der Waals surface area contributed by atoms with E-state index in [9.17, 15) is 0 Å². The van der Waals surface area contributed by atoms with E-state index < -0.39 is 0 Å². The van der Waals surface area contributed by atoms with Crippen LogP contribution < -0.4 is 0 Å². The number of rotatable bonds is 4. The lowest BCUT2D eigenvalue weighted by Gasteiger charge is -2.09. The average Bonchev–Trinajstić information content (AvgIpc) is 2.93. The fraction of sp³-hybridized carbons (Fsp3) is 0. The molecule has 0 fully saturated rings. The normalized spacial score (nSPS) is 10.3. The van der Waals surface area contributed by atoms with E-state index in [2.05, 4.69) is 21.8 Å². The maximum absolute atomic E-state index is 5.70. The van der Waals surface area contributed by atoms with Gasteiger partial charge < -0.3 is 0 Å². The van der Waals surface area contributed by atoms with Gasteiger partial charge in [0.25, 0.3) is 0 Å². The molecule has 158 valence electrons. The molecule has 0 aliphatic heterocycles. The highest BCUT2D eigenvalue weighted by molar-refractivity contribution is 5.76. The first-order valence-corrected chi connectivity index (χ1v) is 10.8. The zero-order chi connectivity index (χ0) is 23.3. The smallest absolute Gasteiger partial charge is 0.0894 e.